The van der Waals surface area contributed by atoms with Crippen molar-refractivity contribution >= 4 is 28.4 Å². The van der Waals surface area contributed by atoms with E-state index in [-0.39, 0.29) is 5.69 Å². The zero-order valence-electron chi connectivity index (χ0n) is 14.2. The summed E-state index contributed by atoms with van der Waals surface area (Å²) < 4.78 is 15.7. The number of nitrogens with one attached hydrogen (secondary N) is 1. The van der Waals surface area contributed by atoms with Crippen LogP contribution in [0.5, 0.6) is 0 Å². The molecule has 0 saturated carbocycles. The smallest absolute Gasteiger partial charge is 0.253 e. The third-order valence-electron chi connectivity index (χ3n) is 3.57. The van der Waals surface area contributed by atoms with Crippen LogP contribution in [-0.2, 0) is 7.05 Å². The zero-order chi connectivity index (χ0) is 17.9. The first-order valence-corrected chi connectivity index (χ1v) is 7.75. The lowest BCUT2D eigenvalue weighted by Crippen LogP contribution is -2.13. The summed E-state index contributed by atoms with van der Waals surface area (Å²) >= 11 is 0. The van der Waals surface area contributed by atoms with Gasteiger partial charge in [-0.3, -0.25) is 4.79 Å². The van der Waals surface area contributed by atoms with Gasteiger partial charge in [-0.25, -0.2) is 9.37 Å². The number of amides is 1. The second-order valence-corrected chi connectivity index (χ2v) is 5.13. The summed E-state index contributed by atoms with van der Waals surface area (Å²) in [4.78, 5) is 16.1. The van der Waals surface area contributed by atoms with Crippen LogP contribution >= 0.6 is 0 Å². The molecule has 3 aromatic rings. The second-order valence-electron chi connectivity index (χ2n) is 5.13. The number of aryl methyl sites for hydroxylation is 2. The van der Waals surface area contributed by atoms with Gasteiger partial charge in [0.05, 0.1) is 11.3 Å². The highest BCUT2D eigenvalue weighted by Crippen LogP contribution is 2.31. The van der Waals surface area contributed by atoms with Crippen molar-refractivity contribution in [2.24, 2.45) is 12.8 Å². The predicted octanol–water partition coefficient (Wildman–Crippen LogP) is 3.89. The molecule has 0 saturated heterocycles. The van der Waals surface area contributed by atoms with Crippen molar-refractivity contribution in [1.82, 2.24) is 9.55 Å². The number of hydrogen-bond donors (Lipinski definition) is 2. The van der Waals surface area contributed by atoms with Gasteiger partial charge in [-0.15, -0.1) is 0 Å². The largest absolute Gasteiger partial charge is 0.365 e. The molecule has 0 unspecified atom stereocenters. The molecule has 2 aromatic heterocycles. The number of nitrogens with two attached hydrogens (primary N) is 1. The van der Waals surface area contributed by atoms with Gasteiger partial charge >= 0.3 is 0 Å². The number of carbonyl (C=O) groups excluding carboxylic acids is 1. The Morgan fingerprint density at radius 1 is 1.29 bits per heavy atom. The van der Waals surface area contributed by atoms with E-state index in [2.05, 4.69) is 10.3 Å². The number of carbonyl (C=O) groups is 1. The van der Waals surface area contributed by atoms with E-state index in [1.807, 2.05) is 20.8 Å². The van der Waals surface area contributed by atoms with Crippen LogP contribution in [0.15, 0.2) is 36.5 Å². The topological polar surface area (TPSA) is 72.9 Å². The molecule has 0 radical (unpaired) electrons. The predicted molar refractivity (Wildman–Crippen MR) is 95.0 cm³/mol. The number of primary amides is 1. The first-order chi connectivity index (χ1) is 11.5. The van der Waals surface area contributed by atoms with Crippen LogP contribution in [0.25, 0.3) is 11.0 Å². The van der Waals surface area contributed by atoms with E-state index in [0.717, 1.165) is 5.56 Å². The minimum atomic E-state index is -0.589. The molecule has 0 fully saturated rings. The van der Waals surface area contributed by atoms with Gasteiger partial charge < -0.3 is 15.6 Å². The maximum Gasteiger partial charge on any atom is 0.253 e. The quantitative estimate of drug-likeness (QED) is 0.766. The van der Waals surface area contributed by atoms with Gasteiger partial charge in [-0.05, 0) is 36.8 Å². The molecule has 0 aliphatic carbocycles. The average Bonchev–Trinajstić information content (AvgIpc) is 2.85. The van der Waals surface area contributed by atoms with Crippen LogP contribution in [0.2, 0.25) is 0 Å². The van der Waals surface area contributed by atoms with Gasteiger partial charge in [0.25, 0.3) is 5.91 Å². The maximum absolute atomic E-state index is 14.1. The lowest BCUT2D eigenvalue weighted by atomic mass is 10.2. The van der Waals surface area contributed by atoms with Crippen LogP contribution in [0.3, 0.4) is 0 Å². The molecule has 2 heterocycles. The molecule has 1 amide bonds. The standard InChI is InChI=1S/C16H15FN4O.C2H6/c1-9-5-6-12(11(17)8-9)20-16-13(14(18)22)10-4-3-7-19-15(10)21(16)2;1-2/h3-8,20H,1-2H3,(H2,18,22);1-2H3. The highest BCUT2D eigenvalue weighted by atomic mass is 19.1. The fourth-order valence-corrected chi connectivity index (χ4v) is 2.51. The lowest BCUT2D eigenvalue weighted by Gasteiger charge is -2.11. The summed E-state index contributed by atoms with van der Waals surface area (Å²) in [5.41, 5.74) is 7.49. The summed E-state index contributed by atoms with van der Waals surface area (Å²) in [5.74, 6) is -0.564. The van der Waals surface area contributed by atoms with Crippen molar-refractivity contribution in [3.8, 4) is 0 Å². The average molecular weight is 328 g/mol. The van der Waals surface area contributed by atoms with Gasteiger partial charge in [0.15, 0.2) is 0 Å². The Bertz CT molecular complexity index is 886. The van der Waals surface area contributed by atoms with Crippen molar-refractivity contribution in [2.45, 2.75) is 20.8 Å². The van der Waals surface area contributed by atoms with Gasteiger partial charge in [0.2, 0.25) is 0 Å². The van der Waals surface area contributed by atoms with E-state index in [0.29, 0.717) is 22.4 Å². The summed E-state index contributed by atoms with van der Waals surface area (Å²) in [6.07, 6.45) is 1.63. The first kappa shape index (κ1) is 17.5. The number of nitrogens with zero attached hydrogens (tertiary/aromatic N) is 2. The SMILES string of the molecule is CC.Cc1ccc(Nc2c(C(N)=O)c3cccnc3n2C)c(F)c1. The molecule has 5 nitrogen and oxygen atoms in total. The summed E-state index contributed by atoms with van der Waals surface area (Å²) in [5, 5.41) is 3.59. The Balaban J connectivity index is 0.00000100. The van der Waals surface area contributed by atoms with E-state index in [4.69, 9.17) is 5.73 Å². The molecule has 1 aromatic carbocycles. The molecule has 126 valence electrons. The number of halogens is 1. The van der Waals surface area contributed by atoms with Gasteiger partial charge in [0, 0.05) is 18.6 Å². The molecular weight excluding hydrogens is 307 g/mol. The summed E-state index contributed by atoms with van der Waals surface area (Å²) in [7, 11) is 1.75. The summed E-state index contributed by atoms with van der Waals surface area (Å²) in [6, 6.07) is 8.33. The van der Waals surface area contributed by atoms with E-state index in [9.17, 15) is 9.18 Å². The van der Waals surface area contributed by atoms with Crippen LogP contribution in [0.1, 0.15) is 29.8 Å². The Morgan fingerprint density at radius 2 is 2.00 bits per heavy atom. The summed E-state index contributed by atoms with van der Waals surface area (Å²) in [6.45, 7) is 5.81. The van der Waals surface area contributed by atoms with E-state index < -0.39 is 11.7 Å². The first-order valence-electron chi connectivity index (χ1n) is 7.75. The zero-order valence-corrected chi connectivity index (χ0v) is 14.2. The van der Waals surface area contributed by atoms with Crippen LogP contribution in [-0.4, -0.2) is 15.5 Å². The van der Waals surface area contributed by atoms with Crippen molar-refractivity contribution in [1.29, 1.82) is 0 Å². The van der Waals surface area contributed by atoms with Crippen molar-refractivity contribution in [2.75, 3.05) is 5.32 Å². The maximum atomic E-state index is 14.1. The normalized spacial score (nSPS) is 10.2. The Labute approximate surface area is 140 Å². The Morgan fingerprint density at radius 3 is 2.62 bits per heavy atom. The molecule has 0 aliphatic heterocycles. The van der Waals surface area contributed by atoms with Crippen LogP contribution in [0, 0.1) is 12.7 Å². The molecule has 3 N–H and O–H groups in total. The van der Waals surface area contributed by atoms with Crippen LogP contribution < -0.4 is 11.1 Å². The van der Waals surface area contributed by atoms with Crippen molar-refractivity contribution < 1.29 is 9.18 Å². The molecular formula is C18H21FN4O. The molecule has 0 aliphatic rings. The highest BCUT2D eigenvalue weighted by molar-refractivity contribution is 6.11. The van der Waals surface area contributed by atoms with Gasteiger partial charge in [-0.2, -0.15) is 0 Å². The molecule has 6 heteroatoms. The number of benzene rings is 1. The number of fused-ring (bicyclic) bond motifs is 1. The number of pyridine rings is 1. The van der Waals surface area contributed by atoms with Gasteiger partial charge in [-0.1, -0.05) is 19.9 Å². The second kappa shape index (κ2) is 7.12. The monoisotopic (exact) mass is 328 g/mol. The van der Waals surface area contributed by atoms with E-state index >= 15 is 0 Å². The molecule has 0 bridgehead atoms. The highest BCUT2D eigenvalue weighted by Gasteiger charge is 2.20. The number of hydrogen-bond acceptors (Lipinski definition) is 3. The number of anilines is 2. The molecule has 3 rings (SSSR count). The fraction of sp³-hybridized carbons (Fsp3) is 0.222. The van der Waals surface area contributed by atoms with Gasteiger partial charge in [0.1, 0.15) is 17.3 Å². The molecule has 0 atom stereocenters. The Hall–Kier alpha value is -2.89. The molecule has 24 heavy (non-hydrogen) atoms. The Kier molecular flexibility index (Phi) is 5.18. The van der Waals surface area contributed by atoms with E-state index in [1.54, 1.807) is 42.1 Å². The van der Waals surface area contributed by atoms with E-state index in [1.165, 1.54) is 6.07 Å². The minimum absolute atomic E-state index is 0.277. The third-order valence-corrected chi connectivity index (χ3v) is 3.57. The van der Waals surface area contributed by atoms with Crippen LogP contribution in [0.4, 0.5) is 15.9 Å². The number of aromatic nitrogens is 2. The van der Waals surface area contributed by atoms with Crippen molar-refractivity contribution in [3.63, 3.8) is 0 Å². The minimum Gasteiger partial charge on any atom is -0.365 e. The lowest BCUT2D eigenvalue weighted by molar-refractivity contribution is 0.100. The molecule has 0 spiro atoms. The number of rotatable bonds is 3. The third kappa shape index (κ3) is 3.08. The van der Waals surface area contributed by atoms with Crippen molar-refractivity contribution in [3.05, 3.63) is 53.5 Å². The fourth-order valence-electron chi connectivity index (χ4n) is 2.51.